The van der Waals surface area contributed by atoms with Crippen molar-refractivity contribution >= 4 is 33.2 Å². The minimum atomic E-state index is -4.94. The maximum Gasteiger partial charge on any atom is 0.328 e. The van der Waals surface area contributed by atoms with Gasteiger partial charge < -0.3 is 0 Å². The number of fused-ring (bicyclic) bond motifs is 1. The third-order valence-corrected chi connectivity index (χ3v) is 3.38. The lowest BCUT2D eigenvalue weighted by atomic mass is 10.1. The van der Waals surface area contributed by atoms with Crippen LogP contribution in [0.25, 0.3) is 16.9 Å². The Morgan fingerprint density at radius 3 is 2.39 bits per heavy atom. The molecule has 0 unspecified atom stereocenters. The SMILES string of the molecule is Clc1ccc2nc(-c3cccc(Br)c3)cc[n+]2c1.[O-][Cl+3]([O-])([O-])[O-]. The molecule has 0 radical (unpaired) electrons. The second kappa shape index (κ2) is 7.50. The minimum Gasteiger partial charge on any atom is -0.222 e. The highest BCUT2D eigenvalue weighted by Gasteiger charge is 2.10. The molecular weight excluding hydrogens is 411 g/mol. The first-order valence-electron chi connectivity index (χ1n) is 6.08. The maximum absolute atomic E-state index is 8.49. The van der Waals surface area contributed by atoms with E-state index in [1.165, 1.54) is 0 Å². The molecule has 0 aliphatic carbocycles. The molecule has 2 aromatic heterocycles. The van der Waals surface area contributed by atoms with Gasteiger partial charge in [-0.05, 0) is 23.2 Å². The summed E-state index contributed by atoms with van der Waals surface area (Å²) in [6, 6.07) is 13.8. The Morgan fingerprint density at radius 2 is 1.74 bits per heavy atom. The fourth-order valence-electron chi connectivity index (χ4n) is 1.82. The van der Waals surface area contributed by atoms with Gasteiger partial charge in [0.25, 0.3) is 0 Å². The van der Waals surface area contributed by atoms with Crippen molar-refractivity contribution in [3.05, 3.63) is 64.4 Å². The quantitative estimate of drug-likeness (QED) is 0.477. The molecule has 0 amide bonds. The lowest BCUT2D eigenvalue weighted by Gasteiger charge is -2.17. The summed E-state index contributed by atoms with van der Waals surface area (Å²) in [7, 11) is -4.94. The van der Waals surface area contributed by atoms with E-state index in [1.54, 1.807) is 0 Å². The molecule has 0 spiro atoms. The molecule has 23 heavy (non-hydrogen) atoms. The van der Waals surface area contributed by atoms with E-state index in [-0.39, 0.29) is 0 Å². The van der Waals surface area contributed by atoms with Crippen LogP contribution in [-0.2, 0) is 0 Å². The van der Waals surface area contributed by atoms with Crippen LogP contribution in [0, 0.1) is 10.2 Å². The summed E-state index contributed by atoms with van der Waals surface area (Å²) in [5.41, 5.74) is 2.90. The second-order valence-electron chi connectivity index (χ2n) is 4.31. The lowest BCUT2D eigenvalue weighted by molar-refractivity contribution is -2.00. The van der Waals surface area contributed by atoms with E-state index >= 15 is 0 Å². The van der Waals surface area contributed by atoms with Crippen molar-refractivity contribution in [3.63, 3.8) is 0 Å². The molecule has 0 aliphatic heterocycles. The third kappa shape index (κ3) is 6.00. The van der Waals surface area contributed by atoms with Crippen molar-refractivity contribution in [2.24, 2.45) is 0 Å². The number of hydrogen-bond donors (Lipinski definition) is 0. The fraction of sp³-hybridized carbons (Fsp3) is 0. The number of halogens is 3. The zero-order valence-corrected chi connectivity index (χ0v) is 14.5. The highest BCUT2D eigenvalue weighted by Crippen LogP contribution is 2.21. The third-order valence-electron chi connectivity index (χ3n) is 2.67. The minimum absolute atomic E-state index is 0.699. The first-order valence-corrected chi connectivity index (χ1v) is 8.48. The molecule has 0 fully saturated rings. The average molecular weight is 420 g/mol. The van der Waals surface area contributed by atoms with Gasteiger partial charge >= 0.3 is 5.65 Å². The van der Waals surface area contributed by atoms with Crippen LogP contribution in [0.15, 0.2) is 59.3 Å². The highest BCUT2D eigenvalue weighted by atomic mass is 79.9. The standard InChI is InChI=1S/C14H9BrClN2.ClHO4/c15-11-3-1-2-10(8-11)13-6-7-18-9-12(16)4-5-14(18)17-13;2-1(3,4)5/h1-9H;(H,2,3,4,5)/q+1;/p-1. The van der Waals surface area contributed by atoms with Crippen LogP contribution in [0.4, 0.5) is 0 Å². The smallest absolute Gasteiger partial charge is 0.222 e. The Kier molecular flexibility index (Phi) is 5.88. The Labute approximate surface area is 147 Å². The van der Waals surface area contributed by atoms with Gasteiger partial charge in [-0.15, -0.1) is 10.2 Å². The van der Waals surface area contributed by atoms with E-state index in [0.717, 1.165) is 21.4 Å². The van der Waals surface area contributed by atoms with Crippen LogP contribution < -0.4 is 23.0 Å². The van der Waals surface area contributed by atoms with Gasteiger partial charge in [-0.2, -0.15) is 0 Å². The number of pyridine rings is 1. The van der Waals surface area contributed by atoms with Gasteiger partial charge in [0.15, 0.2) is 5.69 Å². The van der Waals surface area contributed by atoms with Crippen LogP contribution in [0.2, 0.25) is 5.02 Å². The average Bonchev–Trinajstić information content (AvgIpc) is 2.45. The molecule has 1 aromatic carbocycles. The van der Waals surface area contributed by atoms with Crippen LogP contribution in [0.1, 0.15) is 0 Å². The van der Waals surface area contributed by atoms with E-state index in [1.807, 2.05) is 53.2 Å². The molecule has 3 aromatic rings. The summed E-state index contributed by atoms with van der Waals surface area (Å²) in [4.78, 5) is 4.61. The molecule has 0 aliphatic rings. The van der Waals surface area contributed by atoms with Crippen molar-refractivity contribution in [1.29, 1.82) is 0 Å². The van der Waals surface area contributed by atoms with Gasteiger partial charge in [0.05, 0.1) is 5.02 Å². The molecule has 6 nitrogen and oxygen atoms in total. The number of benzene rings is 1. The molecular formula is C14H9BrCl2N2O4. The molecule has 120 valence electrons. The topological polar surface area (TPSA) is 109 Å². The monoisotopic (exact) mass is 418 g/mol. The maximum atomic E-state index is 8.49. The molecule has 2 heterocycles. The van der Waals surface area contributed by atoms with E-state index in [2.05, 4.69) is 27.0 Å². The number of rotatable bonds is 1. The lowest BCUT2D eigenvalue weighted by Crippen LogP contribution is -2.68. The predicted octanol–water partition coefficient (Wildman–Crippen LogP) is -0.853. The van der Waals surface area contributed by atoms with Crippen LogP contribution in [0.5, 0.6) is 0 Å². The predicted molar refractivity (Wildman–Crippen MR) is 75.5 cm³/mol. The molecule has 0 atom stereocenters. The Morgan fingerprint density at radius 1 is 1.04 bits per heavy atom. The Hall–Kier alpha value is -1.32. The second-order valence-corrected chi connectivity index (χ2v) is 6.42. The first kappa shape index (κ1) is 18.0. The molecule has 3 rings (SSSR count). The summed E-state index contributed by atoms with van der Waals surface area (Å²) >= 11 is 9.41. The molecule has 9 heteroatoms. The van der Waals surface area contributed by atoms with Crippen molar-refractivity contribution in [2.45, 2.75) is 0 Å². The van der Waals surface area contributed by atoms with E-state index < -0.39 is 10.2 Å². The van der Waals surface area contributed by atoms with E-state index in [0.29, 0.717) is 5.02 Å². The van der Waals surface area contributed by atoms with Crippen LogP contribution in [0.3, 0.4) is 0 Å². The summed E-state index contributed by atoms with van der Waals surface area (Å²) in [5.74, 6) is 0. The number of aromatic nitrogens is 2. The largest absolute Gasteiger partial charge is 0.328 e. The molecule has 0 saturated heterocycles. The van der Waals surface area contributed by atoms with Crippen molar-refractivity contribution in [1.82, 2.24) is 4.98 Å². The zero-order valence-electron chi connectivity index (χ0n) is 11.4. The number of hydrogen-bond acceptors (Lipinski definition) is 5. The van der Waals surface area contributed by atoms with Crippen LogP contribution >= 0.6 is 27.5 Å². The molecule has 0 N–H and O–H groups in total. The normalized spacial score (nSPS) is 11.0. The highest BCUT2D eigenvalue weighted by molar-refractivity contribution is 9.10. The van der Waals surface area contributed by atoms with Crippen molar-refractivity contribution in [3.8, 4) is 11.3 Å². The van der Waals surface area contributed by atoms with Crippen LogP contribution in [-0.4, -0.2) is 4.98 Å². The molecule has 0 bridgehead atoms. The molecule has 0 saturated carbocycles. The van der Waals surface area contributed by atoms with Gasteiger partial charge in [-0.25, -0.2) is 23.0 Å². The van der Waals surface area contributed by atoms with E-state index in [9.17, 15) is 0 Å². The summed E-state index contributed by atoms with van der Waals surface area (Å²) in [6.45, 7) is 0. The van der Waals surface area contributed by atoms with Gasteiger partial charge in [-0.1, -0.05) is 39.7 Å². The fourth-order valence-corrected chi connectivity index (χ4v) is 2.38. The zero-order chi connectivity index (χ0) is 17.0. The summed E-state index contributed by atoms with van der Waals surface area (Å²) in [6.07, 6.45) is 3.80. The first-order chi connectivity index (χ1) is 10.7. The van der Waals surface area contributed by atoms with Crippen molar-refractivity contribution in [2.75, 3.05) is 0 Å². The number of nitrogens with zero attached hydrogens (tertiary/aromatic N) is 2. The van der Waals surface area contributed by atoms with Gasteiger partial charge in [0.1, 0.15) is 12.4 Å². The summed E-state index contributed by atoms with van der Waals surface area (Å²) in [5, 5.41) is 0.699. The van der Waals surface area contributed by atoms with Crippen molar-refractivity contribution < 1.29 is 33.3 Å². The van der Waals surface area contributed by atoms with Gasteiger partial charge in [0, 0.05) is 22.2 Å². The summed E-state index contributed by atoms with van der Waals surface area (Å²) < 4.78 is 36.9. The Balaban J connectivity index is 0.000000338. The van der Waals surface area contributed by atoms with Gasteiger partial charge in [-0.3, -0.25) is 0 Å². The van der Waals surface area contributed by atoms with Gasteiger partial charge in [0.2, 0.25) is 0 Å². The Bertz CT molecular complexity index is 821. The van der Waals surface area contributed by atoms with E-state index in [4.69, 9.17) is 30.2 Å².